The predicted octanol–water partition coefficient (Wildman–Crippen LogP) is 3.55. The molecule has 2 rings (SSSR count). The third-order valence-electron chi connectivity index (χ3n) is 2.92. The number of nitrogens with one attached hydrogen (secondary N) is 2. The van der Waals surface area contributed by atoms with Gasteiger partial charge in [0.2, 0.25) is 0 Å². The number of amides is 1. The van der Waals surface area contributed by atoms with E-state index in [4.69, 9.17) is 4.42 Å². The van der Waals surface area contributed by atoms with E-state index in [2.05, 4.69) is 33.2 Å². The SMILES string of the molecule is CCNC(=O)c1ccc(C)c(NCc2ccc(I)o2)c1. The first-order chi connectivity index (χ1) is 9.60. The molecule has 0 aliphatic carbocycles. The second-order valence-electron chi connectivity index (χ2n) is 4.45. The van der Waals surface area contributed by atoms with E-state index in [0.29, 0.717) is 18.7 Å². The number of carbonyl (C=O) groups excluding carboxylic acids is 1. The van der Waals surface area contributed by atoms with Crippen molar-refractivity contribution < 1.29 is 9.21 Å². The minimum Gasteiger partial charge on any atom is -0.454 e. The minimum absolute atomic E-state index is 0.0527. The van der Waals surface area contributed by atoms with Crippen molar-refractivity contribution in [1.29, 1.82) is 0 Å². The Hall–Kier alpha value is -1.50. The van der Waals surface area contributed by atoms with E-state index in [1.54, 1.807) is 0 Å². The van der Waals surface area contributed by atoms with Gasteiger partial charge in [-0.05, 0) is 66.3 Å². The fourth-order valence-corrected chi connectivity index (χ4v) is 2.31. The summed E-state index contributed by atoms with van der Waals surface area (Å²) < 4.78 is 6.37. The molecule has 106 valence electrons. The van der Waals surface area contributed by atoms with E-state index >= 15 is 0 Å². The molecule has 0 bridgehead atoms. The van der Waals surface area contributed by atoms with Gasteiger partial charge in [0.05, 0.1) is 6.54 Å². The topological polar surface area (TPSA) is 54.3 Å². The second-order valence-corrected chi connectivity index (χ2v) is 5.51. The van der Waals surface area contributed by atoms with Crippen LogP contribution in [0.15, 0.2) is 34.7 Å². The highest BCUT2D eigenvalue weighted by Crippen LogP contribution is 2.19. The van der Waals surface area contributed by atoms with Crippen molar-refractivity contribution in [3.63, 3.8) is 0 Å². The Balaban J connectivity index is 2.10. The first kappa shape index (κ1) is 14.9. The average Bonchev–Trinajstić information content (AvgIpc) is 2.84. The molecule has 0 spiro atoms. The van der Waals surface area contributed by atoms with Crippen LogP contribution < -0.4 is 10.6 Å². The highest BCUT2D eigenvalue weighted by Gasteiger charge is 2.07. The Labute approximate surface area is 132 Å². The van der Waals surface area contributed by atoms with Crippen molar-refractivity contribution in [3.8, 4) is 0 Å². The van der Waals surface area contributed by atoms with E-state index in [0.717, 1.165) is 20.8 Å². The van der Waals surface area contributed by atoms with Crippen molar-refractivity contribution in [3.05, 3.63) is 51.0 Å². The van der Waals surface area contributed by atoms with Gasteiger partial charge in [0.1, 0.15) is 5.76 Å². The van der Waals surface area contributed by atoms with Gasteiger partial charge >= 0.3 is 0 Å². The smallest absolute Gasteiger partial charge is 0.251 e. The van der Waals surface area contributed by atoms with Crippen LogP contribution in [0.2, 0.25) is 0 Å². The van der Waals surface area contributed by atoms with Gasteiger partial charge in [-0.15, -0.1) is 0 Å². The lowest BCUT2D eigenvalue weighted by Crippen LogP contribution is -2.22. The molecule has 1 amide bonds. The number of rotatable bonds is 5. The quantitative estimate of drug-likeness (QED) is 0.776. The van der Waals surface area contributed by atoms with Crippen LogP contribution in [-0.4, -0.2) is 12.5 Å². The fraction of sp³-hybridized carbons (Fsp3) is 0.267. The predicted molar refractivity (Wildman–Crippen MR) is 87.9 cm³/mol. The molecule has 1 aromatic carbocycles. The van der Waals surface area contributed by atoms with Crippen molar-refractivity contribution in [2.75, 3.05) is 11.9 Å². The van der Waals surface area contributed by atoms with Gasteiger partial charge < -0.3 is 15.1 Å². The van der Waals surface area contributed by atoms with Crippen LogP contribution in [0.3, 0.4) is 0 Å². The van der Waals surface area contributed by atoms with Gasteiger partial charge in [-0.2, -0.15) is 0 Å². The first-order valence-corrected chi connectivity index (χ1v) is 7.55. The summed E-state index contributed by atoms with van der Waals surface area (Å²) in [4.78, 5) is 11.8. The van der Waals surface area contributed by atoms with E-state index in [9.17, 15) is 4.79 Å². The molecule has 0 saturated heterocycles. The molecule has 0 fully saturated rings. The lowest BCUT2D eigenvalue weighted by molar-refractivity contribution is 0.0956. The summed E-state index contributed by atoms with van der Waals surface area (Å²) in [7, 11) is 0. The molecular formula is C15H17IN2O2. The van der Waals surface area contributed by atoms with E-state index < -0.39 is 0 Å². The number of hydrogen-bond donors (Lipinski definition) is 2. The third-order valence-corrected chi connectivity index (χ3v) is 3.50. The highest BCUT2D eigenvalue weighted by atomic mass is 127. The summed E-state index contributed by atoms with van der Waals surface area (Å²) in [6.07, 6.45) is 0. The summed E-state index contributed by atoms with van der Waals surface area (Å²) in [5, 5.41) is 6.10. The molecule has 0 radical (unpaired) electrons. The molecule has 4 nitrogen and oxygen atoms in total. The number of halogens is 1. The maximum Gasteiger partial charge on any atom is 0.251 e. The molecule has 0 atom stereocenters. The molecule has 1 heterocycles. The Morgan fingerprint density at radius 3 is 2.75 bits per heavy atom. The van der Waals surface area contributed by atoms with Crippen molar-refractivity contribution in [2.24, 2.45) is 0 Å². The number of furan rings is 1. The fourth-order valence-electron chi connectivity index (χ4n) is 1.85. The monoisotopic (exact) mass is 384 g/mol. The number of aryl methyl sites for hydroxylation is 1. The van der Waals surface area contributed by atoms with Gasteiger partial charge in [-0.25, -0.2) is 0 Å². The second kappa shape index (κ2) is 6.78. The van der Waals surface area contributed by atoms with Crippen molar-refractivity contribution in [1.82, 2.24) is 5.32 Å². The van der Waals surface area contributed by atoms with Crippen LogP contribution in [0.5, 0.6) is 0 Å². The Morgan fingerprint density at radius 2 is 2.10 bits per heavy atom. The molecule has 2 aromatic rings. The minimum atomic E-state index is -0.0527. The van der Waals surface area contributed by atoms with Crippen molar-refractivity contribution in [2.45, 2.75) is 20.4 Å². The largest absolute Gasteiger partial charge is 0.454 e. The average molecular weight is 384 g/mol. The zero-order chi connectivity index (χ0) is 14.5. The Kier molecular flexibility index (Phi) is 5.05. The normalized spacial score (nSPS) is 10.3. The first-order valence-electron chi connectivity index (χ1n) is 6.47. The lowest BCUT2D eigenvalue weighted by Gasteiger charge is -2.10. The molecule has 0 unspecified atom stereocenters. The van der Waals surface area contributed by atoms with Gasteiger partial charge in [0.25, 0.3) is 5.91 Å². The van der Waals surface area contributed by atoms with Crippen LogP contribution in [-0.2, 0) is 6.54 Å². The molecule has 0 aliphatic rings. The van der Waals surface area contributed by atoms with Crippen LogP contribution >= 0.6 is 22.6 Å². The zero-order valence-electron chi connectivity index (χ0n) is 11.5. The maximum atomic E-state index is 11.8. The molecule has 0 aliphatic heterocycles. The summed E-state index contributed by atoms with van der Waals surface area (Å²) in [6.45, 7) is 5.14. The van der Waals surface area contributed by atoms with Gasteiger partial charge in [-0.3, -0.25) is 4.79 Å². The summed E-state index contributed by atoms with van der Waals surface area (Å²) >= 11 is 2.14. The standard InChI is InChI=1S/C15H17IN2O2/c1-3-17-15(19)11-5-4-10(2)13(8-11)18-9-12-6-7-14(16)20-12/h4-8,18H,3,9H2,1-2H3,(H,17,19). The lowest BCUT2D eigenvalue weighted by atomic mass is 10.1. The Morgan fingerprint density at radius 1 is 1.30 bits per heavy atom. The van der Waals surface area contributed by atoms with Crippen molar-refractivity contribution >= 4 is 34.2 Å². The Bertz CT molecular complexity index is 608. The molecule has 5 heteroatoms. The van der Waals surface area contributed by atoms with Gasteiger partial charge in [0, 0.05) is 17.8 Å². The van der Waals surface area contributed by atoms with Crippen LogP contribution in [0.4, 0.5) is 5.69 Å². The molecule has 20 heavy (non-hydrogen) atoms. The van der Waals surface area contributed by atoms with Gasteiger partial charge in [-0.1, -0.05) is 6.07 Å². The number of benzene rings is 1. The summed E-state index contributed by atoms with van der Waals surface area (Å²) in [5.74, 6) is 0.820. The van der Waals surface area contributed by atoms with Crippen LogP contribution in [0.25, 0.3) is 0 Å². The summed E-state index contributed by atoms with van der Waals surface area (Å²) in [5.41, 5.74) is 2.70. The summed E-state index contributed by atoms with van der Waals surface area (Å²) in [6, 6.07) is 9.52. The van der Waals surface area contributed by atoms with E-state index in [-0.39, 0.29) is 5.91 Å². The maximum absolute atomic E-state index is 11.8. The highest BCUT2D eigenvalue weighted by molar-refractivity contribution is 14.1. The molecule has 0 saturated carbocycles. The van der Waals surface area contributed by atoms with Crippen LogP contribution in [0.1, 0.15) is 28.6 Å². The number of hydrogen-bond acceptors (Lipinski definition) is 3. The van der Waals surface area contributed by atoms with E-state index in [1.807, 2.05) is 44.2 Å². The number of carbonyl (C=O) groups is 1. The zero-order valence-corrected chi connectivity index (χ0v) is 13.7. The molecule has 1 aromatic heterocycles. The molecule has 2 N–H and O–H groups in total. The third kappa shape index (κ3) is 3.75. The van der Waals surface area contributed by atoms with Crippen LogP contribution in [0, 0.1) is 10.7 Å². The van der Waals surface area contributed by atoms with Gasteiger partial charge in [0.15, 0.2) is 3.77 Å². The number of anilines is 1. The molecular weight excluding hydrogens is 367 g/mol. The van der Waals surface area contributed by atoms with E-state index in [1.165, 1.54) is 0 Å².